The highest BCUT2D eigenvalue weighted by molar-refractivity contribution is 14.1. The maximum atomic E-state index is 5.68. The van der Waals surface area contributed by atoms with E-state index in [-0.39, 0.29) is 0 Å². The van der Waals surface area contributed by atoms with Crippen molar-refractivity contribution in [2.75, 3.05) is 5.73 Å². The first-order valence-electron chi connectivity index (χ1n) is 3.13. The van der Waals surface area contributed by atoms with Gasteiger partial charge in [0, 0.05) is 9.26 Å². The number of benzene rings is 1. The van der Waals surface area contributed by atoms with Gasteiger partial charge in [0.05, 0.1) is 0 Å². The Morgan fingerprint density at radius 1 is 1.20 bits per heavy atom. The Kier molecular flexibility index (Phi) is 2.18. The van der Waals surface area contributed by atoms with Crippen LogP contribution in [0.2, 0.25) is 0 Å². The Labute approximate surface area is 74.8 Å². The van der Waals surface area contributed by atoms with Gasteiger partial charge in [0.2, 0.25) is 0 Å². The van der Waals surface area contributed by atoms with E-state index in [9.17, 15) is 0 Å². The normalized spacial score (nSPS) is 9.90. The first-order chi connectivity index (χ1) is 4.61. The summed E-state index contributed by atoms with van der Waals surface area (Å²) in [4.78, 5) is 0. The van der Waals surface area contributed by atoms with Crippen molar-refractivity contribution in [3.8, 4) is 0 Å². The summed E-state index contributed by atoms with van der Waals surface area (Å²) in [6.45, 7) is 4.12. The van der Waals surface area contributed by atoms with Crippen molar-refractivity contribution in [1.29, 1.82) is 0 Å². The first kappa shape index (κ1) is 7.85. The van der Waals surface area contributed by atoms with Gasteiger partial charge in [0.15, 0.2) is 0 Å². The van der Waals surface area contributed by atoms with Crippen molar-refractivity contribution in [3.63, 3.8) is 0 Å². The molecule has 10 heavy (non-hydrogen) atoms. The molecule has 1 rings (SSSR count). The molecule has 0 radical (unpaired) electrons. The molecule has 0 aliphatic heterocycles. The summed E-state index contributed by atoms with van der Waals surface area (Å²) in [6.07, 6.45) is 0. The zero-order chi connectivity index (χ0) is 7.72. The topological polar surface area (TPSA) is 26.0 Å². The number of anilines is 1. The van der Waals surface area contributed by atoms with E-state index in [0.29, 0.717) is 0 Å². The lowest BCUT2D eigenvalue weighted by molar-refractivity contribution is 1.36. The van der Waals surface area contributed by atoms with Crippen molar-refractivity contribution in [1.82, 2.24) is 0 Å². The van der Waals surface area contributed by atoms with Crippen molar-refractivity contribution in [2.45, 2.75) is 13.8 Å². The van der Waals surface area contributed by atoms with E-state index in [1.165, 1.54) is 9.13 Å². The van der Waals surface area contributed by atoms with E-state index in [1.807, 2.05) is 13.0 Å². The molecule has 0 saturated carbocycles. The number of nitrogens with two attached hydrogens (primary N) is 1. The van der Waals surface area contributed by atoms with E-state index < -0.39 is 0 Å². The average molecular weight is 247 g/mol. The molecule has 0 bridgehead atoms. The molecule has 2 N–H and O–H groups in total. The summed E-state index contributed by atoms with van der Waals surface area (Å²) in [7, 11) is 0. The molecule has 0 aliphatic rings. The fourth-order valence-corrected chi connectivity index (χ4v) is 1.33. The van der Waals surface area contributed by atoms with Gasteiger partial charge in [-0.15, -0.1) is 0 Å². The third kappa shape index (κ3) is 1.42. The molecule has 0 atom stereocenters. The van der Waals surface area contributed by atoms with Crippen LogP contribution >= 0.6 is 22.6 Å². The Morgan fingerprint density at radius 2 is 1.80 bits per heavy atom. The minimum absolute atomic E-state index is 0.884. The van der Waals surface area contributed by atoms with Crippen LogP contribution in [-0.2, 0) is 0 Å². The minimum atomic E-state index is 0.884. The maximum absolute atomic E-state index is 5.68. The van der Waals surface area contributed by atoms with Crippen LogP contribution in [0, 0.1) is 17.4 Å². The summed E-state index contributed by atoms with van der Waals surface area (Å²) in [5, 5.41) is 0. The van der Waals surface area contributed by atoms with E-state index in [0.717, 1.165) is 11.3 Å². The van der Waals surface area contributed by atoms with Crippen LogP contribution in [0.1, 0.15) is 11.1 Å². The molecule has 0 spiro atoms. The highest BCUT2D eigenvalue weighted by Crippen LogP contribution is 2.18. The number of hydrogen-bond donors (Lipinski definition) is 1. The van der Waals surface area contributed by atoms with Crippen LogP contribution in [0.5, 0.6) is 0 Å². The van der Waals surface area contributed by atoms with Gasteiger partial charge in [0.1, 0.15) is 0 Å². The lowest BCUT2D eigenvalue weighted by atomic mass is 10.1. The molecule has 0 aliphatic carbocycles. The summed E-state index contributed by atoms with van der Waals surface area (Å²) in [5.41, 5.74) is 9.03. The molecule has 1 nitrogen and oxygen atoms in total. The van der Waals surface area contributed by atoms with Gasteiger partial charge in [-0.2, -0.15) is 0 Å². The highest BCUT2D eigenvalue weighted by atomic mass is 127. The number of halogens is 1. The van der Waals surface area contributed by atoms with E-state index >= 15 is 0 Å². The number of hydrogen-bond acceptors (Lipinski definition) is 1. The zero-order valence-electron chi connectivity index (χ0n) is 6.11. The molecule has 0 aromatic heterocycles. The number of nitrogen functional groups attached to an aromatic ring is 1. The summed E-state index contributed by atoms with van der Waals surface area (Å²) < 4.78 is 1.24. The zero-order valence-corrected chi connectivity index (χ0v) is 8.27. The number of rotatable bonds is 0. The second-order valence-electron chi connectivity index (χ2n) is 2.46. The van der Waals surface area contributed by atoms with Crippen LogP contribution < -0.4 is 5.73 Å². The van der Waals surface area contributed by atoms with E-state index in [2.05, 4.69) is 35.6 Å². The van der Waals surface area contributed by atoms with Crippen molar-refractivity contribution in [3.05, 3.63) is 26.8 Å². The first-order valence-corrected chi connectivity index (χ1v) is 4.21. The maximum Gasteiger partial charge on any atom is 0.0354 e. The van der Waals surface area contributed by atoms with Crippen molar-refractivity contribution < 1.29 is 0 Å². The minimum Gasteiger partial charge on any atom is -0.398 e. The Bertz CT molecular complexity index is 205. The largest absolute Gasteiger partial charge is 0.398 e. The smallest absolute Gasteiger partial charge is 0.0354 e. The summed E-state index contributed by atoms with van der Waals surface area (Å²) in [5.74, 6) is 0. The van der Waals surface area contributed by atoms with Gasteiger partial charge in [-0.25, -0.2) is 0 Å². The third-order valence-electron chi connectivity index (χ3n) is 1.55. The average Bonchev–Trinajstić information content (AvgIpc) is 1.84. The molecule has 1 aromatic carbocycles. The third-order valence-corrected chi connectivity index (χ3v) is 2.71. The molecule has 0 amide bonds. The predicted octanol–water partition coefficient (Wildman–Crippen LogP) is 2.49. The van der Waals surface area contributed by atoms with E-state index in [4.69, 9.17) is 5.73 Å². The second-order valence-corrected chi connectivity index (χ2v) is 3.62. The molecular weight excluding hydrogens is 237 g/mol. The molecule has 2 heteroatoms. The fourth-order valence-electron chi connectivity index (χ4n) is 0.841. The molecule has 54 valence electrons. The van der Waals surface area contributed by atoms with Crippen molar-refractivity contribution >= 4 is 28.3 Å². The molecule has 0 unspecified atom stereocenters. The molecule has 0 fully saturated rings. The fraction of sp³-hybridized carbons (Fsp3) is 0.250. The van der Waals surface area contributed by atoms with Crippen LogP contribution in [0.4, 0.5) is 5.69 Å². The van der Waals surface area contributed by atoms with E-state index in [1.54, 1.807) is 0 Å². The predicted molar refractivity (Wildman–Crippen MR) is 53.0 cm³/mol. The molecule has 0 heterocycles. The van der Waals surface area contributed by atoms with Crippen LogP contribution in [-0.4, -0.2) is 0 Å². The van der Waals surface area contributed by atoms with Gasteiger partial charge < -0.3 is 5.73 Å². The van der Waals surface area contributed by atoms with Gasteiger partial charge in [-0.1, -0.05) is 6.07 Å². The lowest BCUT2D eigenvalue weighted by Gasteiger charge is -2.02. The van der Waals surface area contributed by atoms with Crippen LogP contribution in [0.3, 0.4) is 0 Å². The van der Waals surface area contributed by atoms with Gasteiger partial charge >= 0.3 is 0 Å². The molecular formula is C8H10IN. The van der Waals surface area contributed by atoms with Crippen molar-refractivity contribution in [2.24, 2.45) is 0 Å². The Hall–Kier alpha value is -0.250. The quantitative estimate of drug-likeness (QED) is 0.553. The summed E-state index contributed by atoms with van der Waals surface area (Å²) >= 11 is 2.29. The van der Waals surface area contributed by atoms with Crippen LogP contribution in [0.25, 0.3) is 0 Å². The standard InChI is InChI=1S/C8H10IN/c1-5-3-6(2)8(10)4-7(5)9/h3-4H,10H2,1-2H3. The van der Waals surface area contributed by atoms with Crippen LogP contribution in [0.15, 0.2) is 12.1 Å². The van der Waals surface area contributed by atoms with Gasteiger partial charge in [-0.3, -0.25) is 0 Å². The SMILES string of the molecule is Cc1cc(C)c(I)cc1N. The molecule has 0 saturated heterocycles. The summed E-state index contributed by atoms with van der Waals surface area (Å²) in [6, 6.07) is 4.11. The Balaban J connectivity index is 3.28. The highest BCUT2D eigenvalue weighted by Gasteiger charge is 1.97. The number of aryl methyl sites for hydroxylation is 2. The second kappa shape index (κ2) is 2.78. The van der Waals surface area contributed by atoms with Gasteiger partial charge in [-0.05, 0) is 53.6 Å². The Morgan fingerprint density at radius 3 is 2.30 bits per heavy atom. The molecule has 1 aromatic rings. The lowest BCUT2D eigenvalue weighted by Crippen LogP contribution is -1.91. The van der Waals surface area contributed by atoms with Gasteiger partial charge in [0.25, 0.3) is 0 Å². The monoisotopic (exact) mass is 247 g/mol.